The number of carbonyl (C=O) groups is 2. The fraction of sp³-hybridized carbons (Fsp3) is 0.800. The lowest BCUT2D eigenvalue weighted by Crippen LogP contribution is -2.70. The molecule has 24 heavy (non-hydrogen) atoms. The monoisotopic (exact) mass is 343 g/mol. The second kappa shape index (κ2) is 6.84. The Hall–Kier alpha value is -2.03. The van der Waals surface area contributed by atoms with Gasteiger partial charge >= 0.3 is 11.9 Å². The summed E-state index contributed by atoms with van der Waals surface area (Å²) in [6.45, 7) is 11.0. The van der Waals surface area contributed by atoms with Crippen LogP contribution in [0.2, 0.25) is 0 Å². The first-order valence-corrected chi connectivity index (χ1v) is 7.83. The van der Waals surface area contributed by atoms with Crippen LogP contribution in [-0.4, -0.2) is 59.3 Å². The van der Waals surface area contributed by atoms with Crippen LogP contribution in [0.5, 0.6) is 0 Å². The first-order valence-electron chi connectivity index (χ1n) is 7.83. The summed E-state index contributed by atoms with van der Waals surface area (Å²) in [7, 11) is 0. The number of guanidine groups is 1. The van der Waals surface area contributed by atoms with E-state index < -0.39 is 28.7 Å². The Labute approximate surface area is 142 Å². The molecule has 9 nitrogen and oxygen atoms in total. The highest BCUT2D eigenvalue weighted by Crippen LogP contribution is 2.27. The Bertz CT molecular complexity index is 487. The number of carbonyl (C=O) groups excluding carboxylic acids is 2. The van der Waals surface area contributed by atoms with Gasteiger partial charge in [-0.25, -0.2) is 9.59 Å². The predicted octanol–water partition coefficient (Wildman–Crippen LogP) is -0.498. The Morgan fingerprint density at radius 2 is 1.50 bits per heavy atom. The van der Waals surface area contributed by atoms with E-state index in [9.17, 15) is 9.59 Å². The van der Waals surface area contributed by atoms with Crippen LogP contribution in [0.3, 0.4) is 0 Å². The van der Waals surface area contributed by atoms with Crippen molar-refractivity contribution in [3.63, 3.8) is 0 Å². The second-order valence-electron chi connectivity index (χ2n) is 7.69. The Morgan fingerprint density at radius 3 is 1.88 bits per heavy atom. The largest absolute Gasteiger partial charge is 0.458 e. The molecule has 0 radical (unpaired) electrons. The van der Waals surface area contributed by atoms with Gasteiger partial charge < -0.3 is 26.3 Å². The Balaban J connectivity index is 3.35. The summed E-state index contributed by atoms with van der Waals surface area (Å²) in [6, 6.07) is 0. The number of nitrogens with zero attached hydrogens (tertiary/aromatic N) is 2. The fourth-order valence-corrected chi connectivity index (χ4v) is 2.17. The molecule has 0 aromatic rings. The van der Waals surface area contributed by atoms with Crippen molar-refractivity contribution < 1.29 is 19.1 Å². The molecule has 138 valence electrons. The van der Waals surface area contributed by atoms with Crippen LogP contribution in [0.1, 0.15) is 41.5 Å². The number of nitrogens with two attached hydrogens (primary N) is 2. The van der Waals surface area contributed by atoms with Gasteiger partial charge in [-0.05, 0) is 41.5 Å². The van der Waals surface area contributed by atoms with Crippen LogP contribution in [-0.2, 0) is 19.1 Å². The molecule has 0 saturated carbocycles. The van der Waals surface area contributed by atoms with Crippen molar-refractivity contribution in [1.29, 1.82) is 0 Å². The summed E-state index contributed by atoms with van der Waals surface area (Å²) in [5.41, 5.74) is 7.56. The van der Waals surface area contributed by atoms with Crippen LogP contribution in [0, 0.1) is 0 Å². The topological polar surface area (TPSA) is 132 Å². The first-order chi connectivity index (χ1) is 10.8. The highest BCUT2D eigenvalue weighted by Gasteiger charge is 2.57. The van der Waals surface area contributed by atoms with Gasteiger partial charge in [-0.3, -0.25) is 5.01 Å². The molecule has 5 N–H and O–H groups in total. The molecule has 1 rings (SSSR count). The van der Waals surface area contributed by atoms with Crippen molar-refractivity contribution in [3.05, 3.63) is 0 Å². The zero-order valence-electron chi connectivity index (χ0n) is 15.3. The highest BCUT2D eigenvalue weighted by atomic mass is 16.6. The van der Waals surface area contributed by atoms with E-state index in [1.54, 1.807) is 41.5 Å². The quantitative estimate of drug-likeness (QED) is 0.270. The van der Waals surface area contributed by atoms with Crippen molar-refractivity contribution in [1.82, 2.24) is 10.3 Å². The van der Waals surface area contributed by atoms with Gasteiger partial charge in [0.2, 0.25) is 5.96 Å². The predicted molar refractivity (Wildman–Crippen MR) is 89.8 cm³/mol. The summed E-state index contributed by atoms with van der Waals surface area (Å²) in [6.07, 6.45) is 0. The van der Waals surface area contributed by atoms with E-state index in [4.69, 9.17) is 20.9 Å². The minimum absolute atomic E-state index is 0.0202. The fourth-order valence-electron chi connectivity index (χ4n) is 2.17. The van der Waals surface area contributed by atoms with Crippen molar-refractivity contribution in [2.45, 2.75) is 58.3 Å². The summed E-state index contributed by atoms with van der Waals surface area (Å²) < 4.78 is 10.9. The van der Waals surface area contributed by atoms with Crippen LogP contribution >= 0.6 is 0 Å². The summed E-state index contributed by atoms with van der Waals surface area (Å²) in [5, 5.41) is 8.23. The Kier molecular flexibility index (Phi) is 5.70. The molecular weight excluding hydrogens is 314 g/mol. The second-order valence-corrected chi connectivity index (χ2v) is 7.69. The lowest BCUT2D eigenvalue weighted by Gasteiger charge is -2.43. The van der Waals surface area contributed by atoms with Gasteiger partial charge in [0.05, 0.1) is 6.54 Å². The van der Waals surface area contributed by atoms with E-state index in [0.717, 1.165) is 0 Å². The molecule has 1 aliphatic heterocycles. The van der Waals surface area contributed by atoms with Gasteiger partial charge in [0.1, 0.15) is 11.2 Å². The maximum Gasteiger partial charge on any atom is 0.347 e. The van der Waals surface area contributed by atoms with Gasteiger partial charge in [0.25, 0.3) is 5.54 Å². The molecule has 0 bridgehead atoms. The van der Waals surface area contributed by atoms with Gasteiger partial charge in [0.15, 0.2) is 0 Å². The summed E-state index contributed by atoms with van der Waals surface area (Å²) in [4.78, 5) is 25.8. The third kappa shape index (κ3) is 4.98. The van der Waals surface area contributed by atoms with E-state index >= 15 is 0 Å². The number of piperazine rings is 1. The van der Waals surface area contributed by atoms with Crippen LogP contribution in [0.25, 0.3) is 0 Å². The first kappa shape index (κ1) is 20.0. The molecule has 0 aromatic heterocycles. The lowest BCUT2D eigenvalue weighted by molar-refractivity contribution is -0.189. The van der Waals surface area contributed by atoms with Crippen molar-refractivity contribution in [2.75, 3.05) is 19.6 Å². The van der Waals surface area contributed by atoms with E-state index in [1.165, 1.54) is 5.01 Å². The molecule has 0 aliphatic carbocycles. The van der Waals surface area contributed by atoms with Crippen LogP contribution in [0.15, 0.2) is 5.10 Å². The molecule has 1 aliphatic rings. The van der Waals surface area contributed by atoms with Crippen molar-refractivity contribution in [3.8, 4) is 0 Å². The Morgan fingerprint density at radius 1 is 1.04 bits per heavy atom. The van der Waals surface area contributed by atoms with Crippen LogP contribution in [0.4, 0.5) is 0 Å². The zero-order valence-corrected chi connectivity index (χ0v) is 15.3. The minimum Gasteiger partial charge on any atom is -0.458 e. The maximum absolute atomic E-state index is 12.9. The maximum atomic E-state index is 12.9. The molecule has 0 unspecified atom stereocenters. The van der Waals surface area contributed by atoms with E-state index in [-0.39, 0.29) is 19.0 Å². The number of hydrogen-bond acceptors (Lipinski definition) is 7. The molecule has 1 saturated heterocycles. The van der Waals surface area contributed by atoms with E-state index in [0.29, 0.717) is 6.54 Å². The summed E-state index contributed by atoms with van der Waals surface area (Å²) in [5.74, 6) is -1.78. The summed E-state index contributed by atoms with van der Waals surface area (Å²) >= 11 is 0. The average molecular weight is 343 g/mol. The van der Waals surface area contributed by atoms with Gasteiger partial charge in [-0.2, -0.15) is 0 Å². The molecule has 0 spiro atoms. The standard InChI is InChI=1S/C15H29N5O4/c1-13(2,3)23-10(21)15(11(22)24-14(4,5)6)9-18-7-8-20(15)19-12(16)17/h18H,7-9H2,1-6H3,(H4,16,17,19). The molecule has 1 heterocycles. The third-order valence-electron chi connectivity index (χ3n) is 3.03. The molecule has 9 heteroatoms. The van der Waals surface area contributed by atoms with Gasteiger partial charge in [-0.1, -0.05) is 0 Å². The number of hydrogen-bond donors (Lipinski definition) is 3. The van der Waals surface area contributed by atoms with Crippen molar-refractivity contribution >= 4 is 17.9 Å². The van der Waals surface area contributed by atoms with E-state index in [1.807, 2.05) is 0 Å². The molecular formula is C15H29N5O4. The molecule has 0 aromatic carbocycles. The van der Waals surface area contributed by atoms with Gasteiger partial charge in [-0.15, -0.1) is 5.10 Å². The average Bonchev–Trinajstić information content (AvgIpc) is 2.34. The SMILES string of the molecule is CC(C)(C)OC(=O)C1(C(=O)OC(C)(C)C)CNCCN1N=C(N)N. The number of nitrogens with one attached hydrogen (secondary N) is 1. The molecule has 1 fully saturated rings. The number of ether oxygens (including phenoxy) is 2. The molecule has 0 amide bonds. The smallest absolute Gasteiger partial charge is 0.347 e. The number of hydrazone groups is 1. The lowest BCUT2D eigenvalue weighted by atomic mass is 9.95. The normalized spacial score (nSPS) is 17.8. The number of esters is 2. The zero-order chi connectivity index (χ0) is 18.8. The minimum atomic E-state index is -1.79. The van der Waals surface area contributed by atoms with E-state index in [2.05, 4.69) is 10.4 Å². The number of rotatable bonds is 3. The highest BCUT2D eigenvalue weighted by molar-refractivity contribution is 6.06. The van der Waals surface area contributed by atoms with Gasteiger partial charge in [0, 0.05) is 13.1 Å². The molecule has 0 atom stereocenters. The third-order valence-corrected chi connectivity index (χ3v) is 3.03. The van der Waals surface area contributed by atoms with Crippen molar-refractivity contribution in [2.24, 2.45) is 16.6 Å². The van der Waals surface area contributed by atoms with Crippen LogP contribution < -0.4 is 16.8 Å².